The fourth-order valence-corrected chi connectivity index (χ4v) is 2.77. The number of carbonyl (C=O) groups excluding carboxylic acids is 1. The number of rotatable bonds is 5. The Morgan fingerprint density at radius 1 is 1.00 bits per heavy atom. The minimum absolute atomic E-state index is 0.00870. The fraction of sp³-hybridized carbons (Fsp3) is 0.350. The van der Waals surface area contributed by atoms with Crippen LogP contribution in [-0.2, 0) is 11.2 Å². The van der Waals surface area contributed by atoms with Crippen LogP contribution in [0.25, 0.3) is 0 Å². The Bertz CT molecular complexity index is 664. The number of amides is 1. The quantitative estimate of drug-likeness (QED) is 0.787. The molecule has 0 atom stereocenters. The second-order valence-electron chi connectivity index (χ2n) is 6.59. The van der Waals surface area contributed by atoms with Crippen molar-refractivity contribution in [3.63, 3.8) is 0 Å². The van der Waals surface area contributed by atoms with Gasteiger partial charge in [-0.05, 0) is 40.7 Å². The molecule has 122 valence electrons. The van der Waals surface area contributed by atoms with Crippen molar-refractivity contribution in [2.45, 2.75) is 46.0 Å². The molecule has 0 aliphatic rings. The standard InChI is InChI=1S/C20H26N2O/c1-13(2)17-9-6-10-18(14(3)4)20(17)22-19(23)12-15-7-5-8-16(21)11-15/h5-11,13-14H,12,21H2,1-4H3,(H,22,23). The molecule has 2 aromatic rings. The number of nitrogens with one attached hydrogen (secondary N) is 1. The van der Waals surface area contributed by atoms with E-state index >= 15 is 0 Å². The lowest BCUT2D eigenvalue weighted by molar-refractivity contribution is -0.115. The van der Waals surface area contributed by atoms with E-state index in [1.165, 1.54) is 11.1 Å². The fourth-order valence-electron chi connectivity index (χ4n) is 2.77. The summed E-state index contributed by atoms with van der Waals surface area (Å²) in [5.74, 6) is 0.707. The molecule has 0 aliphatic heterocycles. The monoisotopic (exact) mass is 310 g/mol. The van der Waals surface area contributed by atoms with E-state index in [2.05, 4.69) is 51.2 Å². The number of para-hydroxylation sites is 1. The highest BCUT2D eigenvalue weighted by molar-refractivity contribution is 5.94. The van der Waals surface area contributed by atoms with Gasteiger partial charge in [0, 0.05) is 11.4 Å². The third-order valence-corrected chi connectivity index (χ3v) is 3.95. The summed E-state index contributed by atoms with van der Waals surface area (Å²) < 4.78 is 0. The molecule has 0 saturated carbocycles. The van der Waals surface area contributed by atoms with Crippen molar-refractivity contribution in [2.75, 3.05) is 11.1 Å². The van der Waals surface area contributed by atoms with Crippen molar-refractivity contribution in [1.82, 2.24) is 0 Å². The third kappa shape index (κ3) is 4.35. The smallest absolute Gasteiger partial charge is 0.228 e. The van der Waals surface area contributed by atoms with Gasteiger partial charge in [-0.2, -0.15) is 0 Å². The van der Waals surface area contributed by atoms with Gasteiger partial charge >= 0.3 is 0 Å². The molecule has 3 heteroatoms. The molecule has 0 heterocycles. The molecule has 2 aromatic carbocycles. The van der Waals surface area contributed by atoms with E-state index < -0.39 is 0 Å². The zero-order chi connectivity index (χ0) is 17.0. The molecule has 0 saturated heterocycles. The first-order chi connectivity index (χ1) is 10.9. The molecular formula is C20H26N2O. The summed E-state index contributed by atoms with van der Waals surface area (Å²) in [6.45, 7) is 8.58. The SMILES string of the molecule is CC(C)c1cccc(C(C)C)c1NC(=O)Cc1cccc(N)c1. The lowest BCUT2D eigenvalue weighted by Gasteiger charge is -2.20. The van der Waals surface area contributed by atoms with Gasteiger partial charge in [0.05, 0.1) is 6.42 Å². The van der Waals surface area contributed by atoms with Crippen LogP contribution >= 0.6 is 0 Å². The molecule has 2 rings (SSSR count). The van der Waals surface area contributed by atoms with E-state index in [9.17, 15) is 4.79 Å². The van der Waals surface area contributed by atoms with Gasteiger partial charge in [0.1, 0.15) is 0 Å². The highest BCUT2D eigenvalue weighted by Gasteiger charge is 2.16. The van der Waals surface area contributed by atoms with Gasteiger partial charge in [-0.3, -0.25) is 4.79 Å². The maximum absolute atomic E-state index is 12.5. The van der Waals surface area contributed by atoms with Gasteiger partial charge in [-0.1, -0.05) is 58.0 Å². The van der Waals surface area contributed by atoms with Gasteiger partial charge in [-0.25, -0.2) is 0 Å². The average Bonchev–Trinajstić information content (AvgIpc) is 2.46. The van der Waals surface area contributed by atoms with Crippen molar-refractivity contribution >= 4 is 17.3 Å². The van der Waals surface area contributed by atoms with Crippen molar-refractivity contribution in [3.05, 3.63) is 59.2 Å². The zero-order valence-electron chi connectivity index (χ0n) is 14.4. The Balaban J connectivity index is 2.26. The highest BCUT2D eigenvalue weighted by Crippen LogP contribution is 2.32. The third-order valence-electron chi connectivity index (χ3n) is 3.95. The maximum atomic E-state index is 12.5. The molecule has 0 unspecified atom stereocenters. The Morgan fingerprint density at radius 3 is 2.09 bits per heavy atom. The van der Waals surface area contributed by atoms with Crippen molar-refractivity contribution < 1.29 is 4.79 Å². The summed E-state index contributed by atoms with van der Waals surface area (Å²) in [5, 5.41) is 3.13. The average molecular weight is 310 g/mol. The summed E-state index contributed by atoms with van der Waals surface area (Å²) >= 11 is 0. The summed E-state index contributed by atoms with van der Waals surface area (Å²) in [4.78, 5) is 12.5. The van der Waals surface area contributed by atoms with Crippen LogP contribution in [0.15, 0.2) is 42.5 Å². The summed E-state index contributed by atoms with van der Waals surface area (Å²) in [6, 6.07) is 13.7. The maximum Gasteiger partial charge on any atom is 0.228 e. The molecule has 3 N–H and O–H groups in total. The summed E-state index contributed by atoms with van der Waals surface area (Å²) in [6.07, 6.45) is 0.328. The number of hydrogen-bond acceptors (Lipinski definition) is 2. The first-order valence-electron chi connectivity index (χ1n) is 8.15. The number of nitrogen functional groups attached to an aromatic ring is 1. The largest absolute Gasteiger partial charge is 0.399 e. The topological polar surface area (TPSA) is 55.1 Å². The molecule has 0 aliphatic carbocycles. The molecule has 23 heavy (non-hydrogen) atoms. The van der Waals surface area contributed by atoms with E-state index in [1.54, 1.807) is 0 Å². The normalized spacial score (nSPS) is 11.0. The number of benzene rings is 2. The highest BCUT2D eigenvalue weighted by atomic mass is 16.1. The molecule has 0 spiro atoms. The molecule has 0 fully saturated rings. The van der Waals surface area contributed by atoms with Crippen LogP contribution in [-0.4, -0.2) is 5.91 Å². The van der Waals surface area contributed by atoms with Crippen LogP contribution in [0, 0.1) is 0 Å². The first kappa shape index (κ1) is 17.1. The van der Waals surface area contributed by atoms with Crippen molar-refractivity contribution in [3.8, 4) is 0 Å². The van der Waals surface area contributed by atoms with E-state index in [4.69, 9.17) is 5.73 Å². The molecule has 0 bridgehead atoms. The second kappa shape index (κ2) is 7.32. The van der Waals surface area contributed by atoms with Gasteiger partial charge in [0.25, 0.3) is 0 Å². The minimum Gasteiger partial charge on any atom is -0.399 e. The number of carbonyl (C=O) groups is 1. The molecule has 1 amide bonds. The van der Waals surface area contributed by atoms with Crippen LogP contribution in [0.1, 0.15) is 56.2 Å². The van der Waals surface area contributed by atoms with Crippen molar-refractivity contribution in [1.29, 1.82) is 0 Å². The predicted octanol–water partition coefficient (Wildman–Crippen LogP) is 4.70. The molecule has 0 radical (unpaired) electrons. The minimum atomic E-state index is -0.00870. The van der Waals surface area contributed by atoms with Crippen LogP contribution in [0.2, 0.25) is 0 Å². The van der Waals surface area contributed by atoms with Crippen LogP contribution < -0.4 is 11.1 Å². The van der Waals surface area contributed by atoms with Gasteiger partial charge in [0.2, 0.25) is 5.91 Å². The number of nitrogens with two attached hydrogens (primary N) is 1. The number of anilines is 2. The van der Waals surface area contributed by atoms with Crippen molar-refractivity contribution in [2.24, 2.45) is 0 Å². The van der Waals surface area contributed by atoms with Crippen LogP contribution in [0.4, 0.5) is 11.4 Å². The van der Waals surface area contributed by atoms with E-state index in [0.29, 0.717) is 23.9 Å². The van der Waals surface area contributed by atoms with Crippen LogP contribution in [0.5, 0.6) is 0 Å². The van der Waals surface area contributed by atoms with E-state index in [0.717, 1.165) is 11.3 Å². The molecular weight excluding hydrogens is 284 g/mol. The Morgan fingerprint density at radius 2 is 1.57 bits per heavy atom. The van der Waals surface area contributed by atoms with Gasteiger partial charge in [0.15, 0.2) is 0 Å². The van der Waals surface area contributed by atoms with E-state index in [1.807, 2.05) is 24.3 Å². The van der Waals surface area contributed by atoms with E-state index in [-0.39, 0.29) is 5.91 Å². The Labute approximate surface area is 138 Å². The number of hydrogen-bond donors (Lipinski definition) is 2. The Hall–Kier alpha value is -2.29. The zero-order valence-corrected chi connectivity index (χ0v) is 14.4. The van der Waals surface area contributed by atoms with Crippen LogP contribution in [0.3, 0.4) is 0 Å². The first-order valence-corrected chi connectivity index (χ1v) is 8.15. The molecule has 3 nitrogen and oxygen atoms in total. The Kier molecular flexibility index (Phi) is 5.43. The lowest BCUT2D eigenvalue weighted by Crippen LogP contribution is -2.17. The second-order valence-corrected chi connectivity index (χ2v) is 6.59. The molecule has 0 aromatic heterocycles. The predicted molar refractivity (Wildman–Crippen MR) is 97.8 cm³/mol. The van der Waals surface area contributed by atoms with Gasteiger partial charge < -0.3 is 11.1 Å². The summed E-state index contributed by atoms with van der Waals surface area (Å²) in [7, 11) is 0. The van der Waals surface area contributed by atoms with Gasteiger partial charge in [-0.15, -0.1) is 0 Å². The summed E-state index contributed by atoms with van der Waals surface area (Å²) in [5.41, 5.74) is 10.7. The lowest BCUT2D eigenvalue weighted by atomic mass is 9.92.